The molecule has 134 valence electrons. The standard InChI is InChI=1S/C20H20FN3OS/c1-11-7-8-16(12(2)9-11)23-19(25)17-13(3)22-20(26)24-18(17)14-5-4-6-15(21)10-14/h4-10,18H,1-3H3,(H,23,25)(H2,22,24,26)/t18-/m1/s1. The van der Waals surface area contributed by atoms with Crippen LogP contribution in [0.15, 0.2) is 53.7 Å². The zero-order valence-electron chi connectivity index (χ0n) is 14.8. The number of anilines is 1. The summed E-state index contributed by atoms with van der Waals surface area (Å²) < 4.78 is 13.7. The number of carbonyl (C=O) groups is 1. The van der Waals surface area contributed by atoms with E-state index < -0.39 is 6.04 Å². The molecule has 4 nitrogen and oxygen atoms in total. The first-order valence-corrected chi connectivity index (χ1v) is 8.68. The Morgan fingerprint density at radius 3 is 2.62 bits per heavy atom. The van der Waals surface area contributed by atoms with Gasteiger partial charge in [0.05, 0.1) is 11.6 Å². The SMILES string of the molecule is CC1=C(C(=O)Nc2ccc(C)cc2C)[C@@H](c2cccc(F)c2)NC(=S)N1. The van der Waals surface area contributed by atoms with E-state index in [2.05, 4.69) is 16.0 Å². The van der Waals surface area contributed by atoms with Crippen LogP contribution in [0.3, 0.4) is 0 Å². The average molecular weight is 369 g/mol. The summed E-state index contributed by atoms with van der Waals surface area (Å²) in [6.07, 6.45) is 0. The molecular formula is C20H20FN3OS. The summed E-state index contributed by atoms with van der Waals surface area (Å²) in [5.74, 6) is -0.619. The second-order valence-electron chi connectivity index (χ2n) is 6.40. The van der Waals surface area contributed by atoms with Crippen molar-refractivity contribution in [3.05, 3.63) is 76.2 Å². The van der Waals surface area contributed by atoms with Gasteiger partial charge in [-0.1, -0.05) is 29.8 Å². The summed E-state index contributed by atoms with van der Waals surface area (Å²) in [5, 5.41) is 9.40. The largest absolute Gasteiger partial charge is 0.351 e. The number of amides is 1. The fourth-order valence-corrected chi connectivity index (χ4v) is 3.35. The molecule has 26 heavy (non-hydrogen) atoms. The molecule has 0 aromatic heterocycles. The predicted octanol–water partition coefficient (Wildman–Crippen LogP) is 3.87. The van der Waals surface area contributed by atoms with Crippen molar-refractivity contribution in [2.75, 3.05) is 5.32 Å². The van der Waals surface area contributed by atoms with Crippen LogP contribution in [-0.2, 0) is 4.79 Å². The van der Waals surface area contributed by atoms with Crippen LogP contribution in [0.1, 0.15) is 29.7 Å². The Morgan fingerprint density at radius 1 is 1.15 bits per heavy atom. The number of hydrogen-bond donors (Lipinski definition) is 3. The molecule has 3 rings (SSSR count). The van der Waals surface area contributed by atoms with E-state index in [1.165, 1.54) is 12.1 Å². The van der Waals surface area contributed by atoms with Crippen molar-refractivity contribution in [2.45, 2.75) is 26.8 Å². The van der Waals surface area contributed by atoms with E-state index in [4.69, 9.17) is 12.2 Å². The molecular weight excluding hydrogens is 349 g/mol. The molecule has 0 fully saturated rings. The van der Waals surface area contributed by atoms with Crippen molar-refractivity contribution in [2.24, 2.45) is 0 Å². The van der Waals surface area contributed by atoms with Gasteiger partial charge < -0.3 is 16.0 Å². The third-order valence-corrected chi connectivity index (χ3v) is 4.55. The van der Waals surface area contributed by atoms with E-state index >= 15 is 0 Å². The maximum atomic E-state index is 13.7. The molecule has 1 aliphatic rings. The number of benzene rings is 2. The molecule has 1 aliphatic heterocycles. The Hall–Kier alpha value is -2.73. The van der Waals surface area contributed by atoms with Crippen molar-refractivity contribution < 1.29 is 9.18 Å². The van der Waals surface area contributed by atoms with Gasteiger partial charge >= 0.3 is 0 Å². The number of allylic oxidation sites excluding steroid dienone is 1. The van der Waals surface area contributed by atoms with Gasteiger partial charge in [0.25, 0.3) is 5.91 Å². The monoisotopic (exact) mass is 369 g/mol. The van der Waals surface area contributed by atoms with Crippen LogP contribution in [0.25, 0.3) is 0 Å². The van der Waals surface area contributed by atoms with E-state index in [-0.39, 0.29) is 11.7 Å². The summed E-state index contributed by atoms with van der Waals surface area (Å²) in [5.41, 5.74) is 4.60. The molecule has 1 atom stereocenters. The molecule has 0 radical (unpaired) electrons. The number of halogens is 1. The first-order valence-electron chi connectivity index (χ1n) is 8.27. The van der Waals surface area contributed by atoms with Crippen LogP contribution in [0, 0.1) is 19.7 Å². The van der Waals surface area contributed by atoms with Gasteiger partial charge in [-0.05, 0) is 62.3 Å². The minimum atomic E-state index is -0.523. The lowest BCUT2D eigenvalue weighted by Crippen LogP contribution is -2.45. The lowest BCUT2D eigenvalue weighted by molar-refractivity contribution is -0.113. The fourth-order valence-electron chi connectivity index (χ4n) is 3.07. The quantitative estimate of drug-likeness (QED) is 0.719. The Labute approximate surface area is 157 Å². The molecule has 0 spiro atoms. The Morgan fingerprint density at radius 2 is 1.92 bits per heavy atom. The number of nitrogens with one attached hydrogen (secondary N) is 3. The van der Waals surface area contributed by atoms with Crippen LogP contribution >= 0.6 is 12.2 Å². The van der Waals surface area contributed by atoms with Crippen molar-refractivity contribution in [1.29, 1.82) is 0 Å². The second-order valence-corrected chi connectivity index (χ2v) is 6.81. The zero-order chi connectivity index (χ0) is 18.8. The van der Waals surface area contributed by atoms with Gasteiger partial charge in [0.2, 0.25) is 0 Å². The summed E-state index contributed by atoms with van der Waals surface area (Å²) in [4.78, 5) is 13.0. The smallest absolute Gasteiger partial charge is 0.255 e. The van der Waals surface area contributed by atoms with E-state index in [9.17, 15) is 9.18 Å². The highest BCUT2D eigenvalue weighted by atomic mass is 32.1. The van der Waals surface area contributed by atoms with Gasteiger partial charge in [-0.2, -0.15) is 0 Å². The Bertz CT molecular complexity index is 923. The first-order chi connectivity index (χ1) is 12.3. The summed E-state index contributed by atoms with van der Waals surface area (Å²) in [7, 11) is 0. The summed E-state index contributed by atoms with van der Waals surface area (Å²) in [6.45, 7) is 5.73. The topological polar surface area (TPSA) is 53.2 Å². The highest BCUT2D eigenvalue weighted by Crippen LogP contribution is 2.28. The first kappa shape index (κ1) is 18.1. The van der Waals surface area contributed by atoms with Gasteiger partial charge in [0, 0.05) is 11.4 Å². The molecule has 6 heteroatoms. The van der Waals surface area contributed by atoms with Crippen molar-refractivity contribution in [3.8, 4) is 0 Å². The molecule has 0 unspecified atom stereocenters. The van der Waals surface area contributed by atoms with Gasteiger partial charge in [-0.25, -0.2) is 4.39 Å². The maximum absolute atomic E-state index is 13.7. The third-order valence-electron chi connectivity index (χ3n) is 4.33. The second kappa shape index (κ2) is 7.25. The lowest BCUT2D eigenvalue weighted by Gasteiger charge is -2.30. The van der Waals surface area contributed by atoms with E-state index in [0.717, 1.165) is 16.8 Å². The molecule has 0 bridgehead atoms. The van der Waals surface area contributed by atoms with Gasteiger partial charge in [-0.15, -0.1) is 0 Å². The van der Waals surface area contributed by atoms with Gasteiger partial charge in [0.15, 0.2) is 5.11 Å². The number of rotatable bonds is 3. The fraction of sp³-hybridized carbons (Fsp3) is 0.200. The molecule has 0 aliphatic carbocycles. The molecule has 3 N–H and O–H groups in total. The number of thiocarbonyl (C=S) groups is 1. The van der Waals surface area contributed by atoms with Crippen LogP contribution in [0.4, 0.5) is 10.1 Å². The highest BCUT2D eigenvalue weighted by Gasteiger charge is 2.30. The molecule has 1 heterocycles. The van der Waals surface area contributed by atoms with Gasteiger partial charge in [0.1, 0.15) is 5.82 Å². The zero-order valence-corrected chi connectivity index (χ0v) is 15.6. The van der Waals surface area contributed by atoms with E-state index in [1.54, 1.807) is 19.1 Å². The van der Waals surface area contributed by atoms with Crippen LogP contribution in [-0.4, -0.2) is 11.0 Å². The van der Waals surface area contributed by atoms with Crippen LogP contribution < -0.4 is 16.0 Å². The van der Waals surface area contributed by atoms with E-state index in [1.807, 2.05) is 32.0 Å². The normalized spacial score (nSPS) is 16.8. The Kier molecular flexibility index (Phi) is 5.04. The minimum absolute atomic E-state index is 0.258. The average Bonchev–Trinajstić information content (AvgIpc) is 2.56. The number of aryl methyl sites for hydroxylation is 2. The molecule has 2 aromatic rings. The predicted molar refractivity (Wildman–Crippen MR) is 105 cm³/mol. The van der Waals surface area contributed by atoms with E-state index in [0.29, 0.717) is 21.9 Å². The summed E-state index contributed by atoms with van der Waals surface area (Å²) in [6, 6.07) is 11.5. The maximum Gasteiger partial charge on any atom is 0.255 e. The Balaban J connectivity index is 1.97. The van der Waals surface area contributed by atoms with Crippen molar-refractivity contribution in [3.63, 3.8) is 0 Å². The lowest BCUT2D eigenvalue weighted by atomic mass is 9.94. The molecule has 1 amide bonds. The third kappa shape index (κ3) is 3.75. The van der Waals surface area contributed by atoms with Crippen molar-refractivity contribution in [1.82, 2.24) is 10.6 Å². The summed E-state index contributed by atoms with van der Waals surface area (Å²) >= 11 is 5.22. The van der Waals surface area contributed by atoms with Crippen molar-refractivity contribution >= 4 is 28.9 Å². The molecule has 0 saturated heterocycles. The molecule has 0 saturated carbocycles. The highest BCUT2D eigenvalue weighted by molar-refractivity contribution is 7.80. The van der Waals surface area contributed by atoms with Crippen LogP contribution in [0.5, 0.6) is 0 Å². The molecule has 2 aromatic carbocycles. The minimum Gasteiger partial charge on any atom is -0.351 e. The number of hydrogen-bond acceptors (Lipinski definition) is 2. The van der Waals surface area contributed by atoms with Gasteiger partial charge in [-0.3, -0.25) is 4.79 Å². The number of carbonyl (C=O) groups excluding carboxylic acids is 1. The van der Waals surface area contributed by atoms with Crippen LogP contribution in [0.2, 0.25) is 0 Å².